The molecule has 3 aliphatic carbocycles. The van der Waals surface area contributed by atoms with Gasteiger partial charge in [-0.2, -0.15) is 10.1 Å². The predicted octanol–water partition coefficient (Wildman–Crippen LogP) is 7.04. The normalized spacial score (nSPS) is 21.4. The molecular weight excluding hydrogens is 548 g/mol. The second kappa shape index (κ2) is 10.5. The summed E-state index contributed by atoms with van der Waals surface area (Å²) in [6.45, 7) is 2.77. The number of hydrazone groups is 1. The lowest BCUT2D eigenvalue weighted by Gasteiger charge is -2.45. The van der Waals surface area contributed by atoms with Crippen molar-refractivity contribution in [3.05, 3.63) is 143 Å². The van der Waals surface area contributed by atoms with Crippen LogP contribution in [0.15, 0.2) is 114 Å². The Balaban J connectivity index is 1.06. The third-order valence-corrected chi connectivity index (χ3v) is 9.28. The predicted molar refractivity (Wildman–Crippen MR) is 169 cm³/mol. The zero-order valence-electron chi connectivity index (χ0n) is 24.2. The van der Waals surface area contributed by atoms with Gasteiger partial charge in [-0.15, -0.1) is 0 Å². The number of hydrogen-bond acceptors (Lipinski definition) is 5. The first-order valence-corrected chi connectivity index (χ1v) is 15.1. The molecule has 2 bridgehead atoms. The molecule has 6 heteroatoms. The Labute approximate surface area is 255 Å². The smallest absolute Gasteiger partial charge is 0.254 e. The molecule has 4 aliphatic rings. The molecule has 5 aromatic carbocycles. The van der Waals surface area contributed by atoms with Crippen LogP contribution >= 0.6 is 0 Å². The molecule has 216 valence electrons. The van der Waals surface area contributed by atoms with Gasteiger partial charge in [0, 0.05) is 11.8 Å². The van der Waals surface area contributed by atoms with E-state index in [1.165, 1.54) is 0 Å². The lowest BCUT2D eigenvalue weighted by atomic mass is 9.55. The third-order valence-electron chi connectivity index (χ3n) is 9.28. The van der Waals surface area contributed by atoms with Crippen molar-refractivity contribution >= 4 is 28.8 Å². The van der Waals surface area contributed by atoms with Gasteiger partial charge in [0.1, 0.15) is 6.61 Å². The molecule has 6 nitrogen and oxygen atoms in total. The van der Waals surface area contributed by atoms with E-state index >= 15 is 0 Å². The minimum atomic E-state index is -0.460. The van der Waals surface area contributed by atoms with E-state index in [0.29, 0.717) is 30.3 Å². The summed E-state index contributed by atoms with van der Waals surface area (Å²) in [5.41, 5.74) is 6.36. The maximum absolute atomic E-state index is 13.9. The zero-order chi connectivity index (χ0) is 29.8. The van der Waals surface area contributed by atoms with Gasteiger partial charge in [-0.1, -0.05) is 91.0 Å². The highest BCUT2D eigenvalue weighted by molar-refractivity contribution is 6.08. The minimum Gasteiger partial charge on any atom is -0.490 e. The molecule has 9 rings (SSSR count). The van der Waals surface area contributed by atoms with Gasteiger partial charge < -0.3 is 9.47 Å². The number of hydrogen-bond donors (Lipinski definition) is 0. The van der Waals surface area contributed by atoms with Gasteiger partial charge in [0.25, 0.3) is 11.8 Å². The summed E-state index contributed by atoms with van der Waals surface area (Å²) in [7, 11) is 0. The summed E-state index contributed by atoms with van der Waals surface area (Å²) in [4.78, 5) is 27.7. The van der Waals surface area contributed by atoms with Crippen molar-refractivity contribution < 1.29 is 19.1 Å². The number of benzene rings is 5. The summed E-state index contributed by atoms with van der Waals surface area (Å²) in [6, 6.07) is 36.4. The first kappa shape index (κ1) is 26.4. The van der Waals surface area contributed by atoms with Crippen LogP contribution in [-0.4, -0.2) is 29.6 Å². The topological polar surface area (TPSA) is 68.2 Å². The van der Waals surface area contributed by atoms with Crippen molar-refractivity contribution in [3.8, 4) is 11.5 Å². The van der Waals surface area contributed by atoms with Gasteiger partial charge in [0.2, 0.25) is 0 Å². The standard InChI is InChI=1S/C38H30N2O4/c1-2-43-32-20-23(18-19-31(32)44-22-25-12-9-11-24-10-3-4-13-26(24)25)21-39-40-37(41)35-33-27-14-5-6-15-28(27)34(36(35)38(40)42)30-17-8-7-16-29(30)33/h3-21,33-36H,2,22H2,1H3/b39-21-/t33?,34?,35-,36+. The van der Waals surface area contributed by atoms with Crippen molar-refractivity contribution in [1.29, 1.82) is 0 Å². The molecule has 44 heavy (non-hydrogen) atoms. The van der Waals surface area contributed by atoms with E-state index in [2.05, 4.69) is 53.6 Å². The van der Waals surface area contributed by atoms with E-state index in [1.54, 1.807) is 6.21 Å². The minimum absolute atomic E-state index is 0.156. The molecule has 0 unspecified atom stereocenters. The number of carbonyl (C=O) groups is 2. The average Bonchev–Trinajstić information content (AvgIpc) is 3.32. The van der Waals surface area contributed by atoms with E-state index in [1.807, 2.05) is 67.6 Å². The maximum Gasteiger partial charge on any atom is 0.254 e. The lowest BCUT2D eigenvalue weighted by molar-refractivity contribution is -0.139. The van der Waals surface area contributed by atoms with E-state index in [-0.39, 0.29) is 23.7 Å². The lowest BCUT2D eigenvalue weighted by Crippen LogP contribution is -2.41. The van der Waals surface area contributed by atoms with E-state index in [4.69, 9.17) is 9.47 Å². The largest absolute Gasteiger partial charge is 0.490 e. The fourth-order valence-corrected chi connectivity index (χ4v) is 7.47. The number of ether oxygens (including phenoxy) is 2. The molecule has 0 radical (unpaired) electrons. The van der Waals surface area contributed by atoms with Crippen molar-refractivity contribution in [1.82, 2.24) is 5.01 Å². The summed E-state index contributed by atoms with van der Waals surface area (Å²) in [6.07, 6.45) is 1.56. The van der Waals surface area contributed by atoms with Crippen molar-refractivity contribution in [3.63, 3.8) is 0 Å². The third kappa shape index (κ3) is 4.05. The summed E-state index contributed by atoms with van der Waals surface area (Å²) >= 11 is 0. The molecule has 0 N–H and O–H groups in total. The fourth-order valence-electron chi connectivity index (χ4n) is 7.47. The van der Waals surface area contributed by atoms with Crippen LogP contribution in [0.25, 0.3) is 10.8 Å². The van der Waals surface area contributed by atoms with Gasteiger partial charge in [0.15, 0.2) is 11.5 Å². The Morgan fingerprint density at radius 1 is 0.682 bits per heavy atom. The van der Waals surface area contributed by atoms with Crippen LogP contribution in [0.5, 0.6) is 11.5 Å². The zero-order valence-corrected chi connectivity index (χ0v) is 24.2. The highest BCUT2D eigenvalue weighted by atomic mass is 16.5. The Kier molecular flexibility index (Phi) is 6.29. The maximum atomic E-state index is 13.9. The number of fused-ring (bicyclic) bond motifs is 1. The molecular formula is C38H30N2O4. The molecule has 1 aliphatic heterocycles. The molecule has 0 saturated carbocycles. The second-order valence-electron chi connectivity index (χ2n) is 11.6. The summed E-state index contributed by atoms with van der Waals surface area (Å²) in [5, 5.41) is 7.88. The van der Waals surface area contributed by atoms with Crippen molar-refractivity contribution in [2.45, 2.75) is 25.4 Å². The molecule has 1 fully saturated rings. The molecule has 1 heterocycles. The average molecular weight is 579 g/mol. The molecule has 2 amide bonds. The van der Waals surface area contributed by atoms with Crippen molar-refractivity contribution in [2.75, 3.05) is 6.61 Å². The summed E-state index contributed by atoms with van der Waals surface area (Å²) in [5.74, 6) is -0.521. The van der Waals surface area contributed by atoms with Crippen molar-refractivity contribution in [2.24, 2.45) is 16.9 Å². The van der Waals surface area contributed by atoms with Crippen LogP contribution in [0.3, 0.4) is 0 Å². The first-order valence-electron chi connectivity index (χ1n) is 15.1. The van der Waals surface area contributed by atoms with Gasteiger partial charge in [-0.25, -0.2) is 0 Å². The Bertz CT molecular complexity index is 1860. The molecule has 0 aromatic heterocycles. The van der Waals surface area contributed by atoms with Gasteiger partial charge in [0.05, 0.1) is 24.7 Å². The summed E-state index contributed by atoms with van der Waals surface area (Å²) < 4.78 is 12.1. The van der Waals surface area contributed by atoms with Crippen LogP contribution in [0.1, 0.15) is 52.1 Å². The van der Waals surface area contributed by atoms with Crippen LogP contribution in [0, 0.1) is 11.8 Å². The molecule has 5 aromatic rings. The number of nitrogens with zero attached hydrogens (tertiary/aromatic N) is 2. The number of imide groups is 1. The monoisotopic (exact) mass is 578 g/mol. The van der Waals surface area contributed by atoms with Crippen LogP contribution < -0.4 is 9.47 Å². The van der Waals surface area contributed by atoms with Gasteiger partial charge >= 0.3 is 0 Å². The van der Waals surface area contributed by atoms with Crippen LogP contribution in [0.4, 0.5) is 0 Å². The highest BCUT2D eigenvalue weighted by Crippen LogP contribution is 2.61. The fraction of sp³-hybridized carbons (Fsp3) is 0.184. The van der Waals surface area contributed by atoms with Gasteiger partial charge in [-0.3, -0.25) is 9.59 Å². The number of rotatable bonds is 7. The Hall–Kier alpha value is -5.23. The molecule has 2 atom stereocenters. The highest BCUT2D eigenvalue weighted by Gasteiger charge is 2.61. The van der Waals surface area contributed by atoms with Crippen LogP contribution in [-0.2, 0) is 16.2 Å². The number of carbonyl (C=O) groups excluding carboxylic acids is 2. The van der Waals surface area contributed by atoms with Gasteiger partial charge in [-0.05, 0) is 69.3 Å². The van der Waals surface area contributed by atoms with E-state index in [0.717, 1.165) is 43.6 Å². The number of amides is 2. The molecule has 0 spiro atoms. The van der Waals surface area contributed by atoms with Crippen LogP contribution in [0.2, 0.25) is 0 Å². The van der Waals surface area contributed by atoms with E-state index in [9.17, 15) is 9.59 Å². The first-order chi connectivity index (χ1) is 21.6. The Morgan fingerprint density at radius 3 is 1.91 bits per heavy atom. The second-order valence-corrected chi connectivity index (χ2v) is 11.6. The quantitative estimate of drug-likeness (QED) is 0.153. The molecule has 1 saturated heterocycles. The Morgan fingerprint density at radius 2 is 1.27 bits per heavy atom. The van der Waals surface area contributed by atoms with E-state index < -0.39 is 11.8 Å². The SMILES string of the molecule is CCOc1cc(/C=N\N2C(=O)[C@@H]3C4c5ccccc5C(c5ccccc54)[C@@H]3C2=O)ccc1OCc1cccc2ccccc12.